The van der Waals surface area contributed by atoms with Crippen molar-refractivity contribution in [2.45, 2.75) is 20.3 Å². The van der Waals surface area contributed by atoms with Crippen molar-refractivity contribution in [1.29, 1.82) is 5.26 Å². The Bertz CT molecular complexity index is 717. The number of nitrogens with two attached hydrogens (primary N) is 1. The van der Waals surface area contributed by atoms with Crippen molar-refractivity contribution in [2.24, 2.45) is 0 Å². The highest BCUT2D eigenvalue weighted by Crippen LogP contribution is 2.38. The molecule has 1 heterocycles. The average Bonchev–Trinajstić information content (AvgIpc) is 2.44. The second-order valence-electron chi connectivity index (χ2n) is 4.39. The molecule has 20 heavy (non-hydrogen) atoms. The number of halogens is 2. The monoisotopic (exact) mass is 305 g/mol. The summed E-state index contributed by atoms with van der Waals surface area (Å²) in [7, 11) is 0. The molecule has 0 aliphatic heterocycles. The van der Waals surface area contributed by atoms with E-state index in [1.807, 2.05) is 19.9 Å². The van der Waals surface area contributed by atoms with E-state index in [-0.39, 0.29) is 5.82 Å². The fraction of sp³-hybridized carbons (Fsp3) is 0.200. The lowest BCUT2D eigenvalue weighted by molar-refractivity contribution is 1.01. The van der Waals surface area contributed by atoms with Gasteiger partial charge in [0.25, 0.3) is 0 Å². The van der Waals surface area contributed by atoms with E-state index in [1.54, 1.807) is 12.1 Å². The Morgan fingerprint density at radius 1 is 1.35 bits per heavy atom. The van der Waals surface area contributed by atoms with Crippen LogP contribution in [0.5, 0.6) is 0 Å². The van der Waals surface area contributed by atoms with E-state index in [0.29, 0.717) is 26.7 Å². The van der Waals surface area contributed by atoms with Crippen LogP contribution in [0.4, 0.5) is 5.82 Å². The lowest BCUT2D eigenvalue weighted by Crippen LogP contribution is -2.05. The molecule has 0 spiro atoms. The molecule has 3 nitrogen and oxygen atoms in total. The standard InChI is InChI=1S/C15H13Cl2N3/c1-3-12-8(2)13(10(7-18)15(19)20-12)9-5-4-6-11(16)14(9)17/h4-6H,3H2,1-2H3,(H2,19,20). The summed E-state index contributed by atoms with van der Waals surface area (Å²) in [4.78, 5) is 4.28. The molecule has 102 valence electrons. The van der Waals surface area contributed by atoms with Crippen LogP contribution in [0.15, 0.2) is 18.2 Å². The summed E-state index contributed by atoms with van der Waals surface area (Å²) >= 11 is 12.3. The zero-order valence-corrected chi connectivity index (χ0v) is 12.7. The molecule has 0 bridgehead atoms. The number of hydrogen-bond acceptors (Lipinski definition) is 3. The number of aromatic nitrogens is 1. The van der Waals surface area contributed by atoms with Crippen LogP contribution in [-0.2, 0) is 6.42 Å². The molecule has 1 aromatic carbocycles. The molecule has 0 fully saturated rings. The molecule has 0 amide bonds. The molecule has 2 N–H and O–H groups in total. The van der Waals surface area contributed by atoms with Gasteiger partial charge in [-0.3, -0.25) is 0 Å². The summed E-state index contributed by atoms with van der Waals surface area (Å²) in [6.45, 7) is 3.91. The number of nitriles is 1. The smallest absolute Gasteiger partial charge is 0.142 e. The number of nitrogen functional groups attached to an aromatic ring is 1. The van der Waals surface area contributed by atoms with Crippen molar-refractivity contribution >= 4 is 29.0 Å². The average molecular weight is 306 g/mol. The molecule has 2 rings (SSSR count). The summed E-state index contributed by atoms with van der Waals surface area (Å²) in [6, 6.07) is 7.45. The van der Waals surface area contributed by atoms with Crippen LogP contribution in [0, 0.1) is 18.3 Å². The Hall–Kier alpha value is -1.76. The Balaban J connectivity index is 2.89. The number of pyridine rings is 1. The Labute approximate surface area is 128 Å². The first-order valence-corrected chi connectivity index (χ1v) is 6.90. The lowest BCUT2D eigenvalue weighted by Gasteiger charge is -2.15. The molecule has 5 heteroatoms. The Kier molecular flexibility index (Phi) is 4.17. The second-order valence-corrected chi connectivity index (χ2v) is 5.17. The van der Waals surface area contributed by atoms with Crippen molar-refractivity contribution < 1.29 is 0 Å². The van der Waals surface area contributed by atoms with Crippen molar-refractivity contribution in [3.8, 4) is 17.2 Å². The number of nitrogens with zero attached hydrogens (tertiary/aromatic N) is 2. The number of benzene rings is 1. The van der Waals surface area contributed by atoms with Crippen LogP contribution >= 0.6 is 23.2 Å². The molecule has 0 atom stereocenters. The van der Waals surface area contributed by atoms with Gasteiger partial charge in [0.2, 0.25) is 0 Å². The van der Waals surface area contributed by atoms with Crippen LogP contribution in [0.2, 0.25) is 10.0 Å². The first kappa shape index (κ1) is 14.6. The third-order valence-electron chi connectivity index (χ3n) is 3.24. The minimum atomic E-state index is 0.223. The number of rotatable bonds is 2. The van der Waals surface area contributed by atoms with Gasteiger partial charge in [-0.15, -0.1) is 0 Å². The van der Waals surface area contributed by atoms with Crippen molar-refractivity contribution in [2.75, 3.05) is 5.73 Å². The number of hydrogen-bond donors (Lipinski definition) is 1. The molecular weight excluding hydrogens is 293 g/mol. The zero-order chi connectivity index (χ0) is 14.9. The molecule has 0 aliphatic carbocycles. The van der Waals surface area contributed by atoms with Gasteiger partial charge in [-0.2, -0.15) is 5.26 Å². The molecular formula is C15H13Cl2N3. The highest BCUT2D eigenvalue weighted by atomic mass is 35.5. The van der Waals surface area contributed by atoms with Crippen LogP contribution < -0.4 is 5.73 Å². The first-order valence-electron chi connectivity index (χ1n) is 6.14. The molecule has 0 unspecified atom stereocenters. The minimum absolute atomic E-state index is 0.223. The van der Waals surface area contributed by atoms with E-state index in [1.165, 1.54) is 0 Å². The topological polar surface area (TPSA) is 62.7 Å². The van der Waals surface area contributed by atoms with E-state index >= 15 is 0 Å². The Morgan fingerprint density at radius 3 is 2.65 bits per heavy atom. The van der Waals surface area contributed by atoms with Gasteiger partial charge in [0.15, 0.2) is 0 Å². The van der Waals surface area contributed by atoms with Crippen molar-refractivity contribution in [1.82, 2.24) is 4.98 Å². The van der Waals surface area contributed by atoms with Gasteiger partial charge < -0.3 is 5.73 Å². The number of aryl methyl sites for hydroxylation is 1. The van der Waals surface area contributed by atoms with E-state index < -0.39 is 0 Å². The van der Waals surface area contributed by atoms with Gasteiger partial charge in [0.1, 0.15) is 17.5 Å². The fourth-order valence-electron chi connectivity index (χ4n) is 2.24. The molecule has 2 aromatic rings. The van der Waals surface area contributed by atoms with Crippen LogP contribution in [0.25, 0.3) is 11.1 Å². The molecule has 0 saturated carbocycles. The summed E-state index contributed by atoms with van der Waals surface area (Å²) in [5.74, 6) is 0.223. The molecule has 0 radical (unpaired) electrons. The highest BCUT2D eigenvalue weighted by Gasteiger charge is 2.19. The normalized spacial score (nSPS) is 10.3. The first-order chi connectivity index (χ1) is 9.51. The summed E-state index contributed by atoms with van der Waals surface area (Å²) in [5, 5.41) is 10.2. The SMILES string of the molecule is CCc1nc(N)c(C#N)c(-c2cccc(Cl)c2Cl)c1C. The van der Waals surface area contributed by atoms with E-state index in [9.17, 15) is 5.26 Å². The van der Waals surface area contributed by atoms with E-state index in [0.717, 1.165) is 17.7 Å². The summed E-state index contributed by atoms with van der Waals surface area (Å²) < 4.78 is 0. The third kappa shape index (κ3) is 2.33. The van der Waals surface area contributed by atoms with Crippen LogP contribution in [-0.4, -0.2) is 4.98 Å². The van der Waals surface area contributed by atoms with Crippen LogP contribution in [0.1, 0.15) is 23.7 Å². The maximum absolute atomic E-state index is 9.36. The van der Waals surface area contributed by atoms with Crippen molar-refractivity contribution in [3.63, 3.8) is 0 Å². The maximum atomic E-state index is 9.36. The molecule has 1 aromatic heterocycles. The second kappa shape index (κ2) is 5.70. The minimum Gasteiger partial charge on any atom is -0.383 e. The van der Waals surface area contributed by atoms with Gasteiger partial charge >= 0.3 is 0 Å². The predicted octanol–water partition coefficient (Wildman–Crippen LogP) is 4.38. The fourth-order valence-corrected chi connectivity index (χ4v) is 2.63. The lowest BCUT2D eigenvalue weighted by atomic mass is 9.94. The largest absolute Gasteiger partial charge is 0.383 e. The van der Waals surface area contributed by atoms with E-state index in [2.05, 4.69) is 11.1 Å². The van der Waals surface area contributed by atoms with Gasteiger partial charge in [0.05, 0.1) is 10.0 Å². The predicted molar refractivity (Wildman–Crippen MR) is 82.9 cm³/mol. The summed E-state index contributed by atoms with van der Waals surface area (Å²) in [6.07, 6.45) is 0.729. The van der Waals surface area contributed by atoms with Gasteiger partial charge in [0, 0.05) is 16.8 Å². The zero-order valence-electron chi connectivity index (χ0n) is 11.2. The van der Waals surface area contributed by atoms with Crippen molar-refractivity contribution in [3.05, 3.63) is 45.1 Å². The Morgan fingerprint density at radius 2 is 2.05 bits per heavy atom. The third-order valence-corrected chi connectivity index (χ3v) is 4.06. The van der Waals surface area contributed by atoms with Gasteiger partial charge in [-0.05, 0) is 25.0 Å². The van der Waals surface area contributed by atoms with E-state index in [4.69, 9.17) is 28.9 Å². The van der Waals surface area contributed by atoms with Gasteiger partial charge in [-0.1, -0.05) is 42.3 Å². The van der Waals surface area contributed by atoms with Gasteiger partial charge in [-0.25, -0.2) is 4.98 Å². The highest BCUT2D eigenvalue weighted by molar-refractivity contribution is 6.43. The summed E-state index contributed by atoms with van der Waals surface area (Å²) in [5.41, 5.74) is 9.41. The quantitative estimate of drug-likeness (QED) is 0.895. The maximum Gasteiger partial charge on any atom is 0.142 e. The molecule has 0 aliphatic rings. The number of anilines is 1. The van der Waals surface area contributed by atoms with Crippen LogP contribution in [0.3, 0.4) is 0 Å². The molecule has 0 saturated heterocycles.